The fourth-order valence-corrected chi connectivity index (χ4v) is 1.70. The van der Waals surface area contributed by atoms with E-state index in [0.29, 0.717) is 12.5 Å². The molecule has 2 aromatic rings. The first kappa shape index (κ1) is 11.6. The highest BCUT2D eigenvalue weighted by Crippen LogP contribution is 2.09. The molecule has 17 heavy (non-hydrogen) atoms. The summed E-state index contributed by atoms with van der Waals surface area (Å²) in [6.07, 6.45) is 1.87. The van der Waals surface area contributed by atoms with Gasteiger partial charge in [-0.3, -0.25) is 4.68 Å². The lowest BCUT2D eigenvalue weighted by molar-refractivity contribution is 0.738. The molecule has 1 N–H and O–H groups in total. The van der Waals surface area contributed by atoms with Crippen molar-refractivity contribution in [1.82, 2.24) is 19.7 Å². The van der Waals surface area contributed by atoms with E-state index in [9.17, 15) is 0 Å². The van der Waals surface area contributed by atoms with Crippen LogP contribution in [0.25, 0.3) is 0 Å². The van der Waals surface area contributed by atoms with Gasteiger partial charge in [0.15, 0.2) is 0 Å². The van der Waals surface area contributed by atoms with Crippen molar-refractivity contribution in [2.24, 2.45) is 7.05 Å². The van der Waals surface area contributed by atoms with Gasteiger partial charge in [-0.2, -0.15) is 5.10 Å². The van der Waals surface area contributed by atoms with Crippen LogP contribution in [0.15, 0.2) is 12.3 Å². The number of hydrogen-bond donors (Lipinski definition) is 1. The summed E-state index contributed by atoms with van der Waals surface area (Å²) in [5, 5.41) is 7.42. The molecule has 0 fully saturated rings. The van der Waals surface area contributed by atoms with Gasteiger partial charge in [0.2, 0.25) is 5.95 Å². The zero-order valence-electron chi connectivity index (χ0n) is 10.7. The highest BCUT2D eigenvalue weighted by molar-refractivity contribution is 5.30. The number of hydrogen-bond acceptors (Lipinski definition) is 4. The lowest BCUT2D eigenvalue weighted by Gasteiger charge is -2.06. The van der Waals surface area contributed by atoms with Crippen LogP contribution in [0.1, 0.15) is 22.6 Å². The third-order valence-electron chi connectivity index (χ3n) is 2.76. The molecule has 0 radical (unpaired) electrons. The third-order valence-corrected chi connectivity index (χ3v) is 2.76. The second-order valence-electron chi connectivity index (χ2n) is 4.21. The maximum atomic E-state index is 4.34. The number of aromatic nitrogens is 4. The van der Waals surface area contributed by atoms with Crippen LogP contribution < -0.4 is 5.32 Å². The summed E-state index contributed by atoms with van der Waals surface area (Å²) in [4.78, 5) is 8.67. The second-order valence-corrected chi connectivity index (χ2v) is 4.21. The summed E-state index contributed by atoms with van der Waals surface area (Å²) in [6, 6.07) is 1.96. The Hall–Kier alpha value is -1.91. The molecule has 0 saturated carbocycles. The van der Waals surface area contributed by atoms with Crippen LogP contribution >= 0.6 is 0 Å². The Bertz CT molecular complexity index is 509. The van der Waals surface area contributed by atoms with Crippen LogP contribution in [0.4, 0.5) is 5.95 Å². The molecule has 0 aliphatic carbocycles. The monoisotopic (exact) mass is 231 g/mol. The van der Waals surface area contributed by atoms with Gasteiger partial charge in [-0.05, 0) is 26.8 Å². The molecule has 0 aromatic carbocycles. The van der Waals surface area contributed by atoms with Gasteiger partial charge >= 0.3 is 0 Å². The van der Waals surface area contributed by atoms with Gasteiger partial charge in [0, 0.05) is 36.2 Å². The highest BCUT2D eigenvalue weighted by Gasteiger charge is 2.04. The van der Waals surface area contributed by atoms with Crippen LogP contribution in [-0.2, 0) is 13.6 Å². The van der Waals surface area contributed by atoms with Gasteiger partial charge in [-0.25, -0.2) is 9.97 Å². The van der Waals surface area contributed by atoms with E-state index in [-0.39, 0.29) is 0 Å². The standard InChI is InChI=1S/C12H17N5/c1-8-5-9(2)16-12(15-8)13-6-11-7-14-17(4)10(11)3/h5,7H,6H2,1-4H3,(H,13,15,16). The summed E-state index contributed by atoms with van der Waals surface area (Å²) in [5.74, 6) is 0.672. The molecule has 0 amide bonds. The minimum Gasteiger partial charge on any atom is -0.350 e. The molecular formula is C12H17N5. The van der Waals surface area contributed by atoms with Crippen molar-refractivity contribution < 1.29 is 0 Å². The normalized spacial score (nSPS) is 10.6. The first-order chi connectivity index (χ1) is 8.06. The predicted octanol–water partition coefficient (Wildman–Crippen LogP) is 1.75. The van der Waals surface area contributed by atoms with E-state index >= 15 is 0 Å². The van der Waals surface area contributed by atoms with E-state index in [0.717, 1.165) is 22.6 Å². The lowest BCUT2D eigenvalue weighted by Crippen LogP contribution is -2.06. The first-order valence-electron chi connectivity index (χ1n) is 5.60. The van der Waals surface area contributed by atoms with Gasteiger partial charge in [-0.1, -0.05) is 0 Å². The van der Waals surface area contributed by atoms with Crippen molar-refractivity contribution in [3.8, 4) is 0 Å². The van der Waals surface area contributed by atoms with Crippen LogP contribution in [0.3, 0.4) is 0 Å². The average molecular weight is 231 g/mol. The molecule has 2 heterocycles. The van der Waals surface area contributed by atoms with Crippen molar-refractivity contribution in [1.29, 1.82) is 0 Å². The van der Waals surface area contributed by atoms with Crippen molar-refractivity contribution in [3.05, 3.63) is 34.9 Å². The summed E-state index contributed by atoms with van der Waals surface area (Å²) < 4.78 is 1.86. The number of anilines is 1. The fourth-order valence-electron chi connectivity index (χ4n) is 1.70. The van der Waals surface area contributed by atoms with E-state index in [1.807, 2.05) is 44.8 Å². The van der Waals surface area contributed by atoms with Crippen molar-refractivity contribution in [3.63, 3.8) is 0 Å². The SMILES string of the molecule is Cc1cc(C)nc(NCc2cnn(C)c2C)n1. The summed E-state index contributed by atoms with van der Waals surface area (Å²) >= 11 is 0. The molecule has 0 aliphatic rings. The molecule has 2 aromatic heterocycles. The smallest absolute Gasteiger partial charge is 0.223 e. The Balaban J connectivity index is 2.09. The molecule has 5 heteroatoms. The zero-order valence-corrected chi connectivity index (χ0v) is 10.7. The predicted molar refractivity (Wildman–Crippen MR) is 66.8 cm³/mol. The van der Waals surface area contributed by atoms with E-state index in [1.54, 1.807) is 0 Å². The number of nitrogens with one attached hydrogen (secondary N) is 1. The van der Waals surface area contributed by atoms with E-state index < -0.39 is 0 Å². The maximum Gasteiger partial charge on any atom is 0.223 e. The van der Waals surface area contributed by atoms with Crippen molar-refractivity contribution >= 4 is 5.95 Å². The Morgan fingerprint density at radius 2 is 1.82 bits per heavy atom. The van der Waals surface area contributed by atoms with E-state index in [4.69, 9.17) is 0 Å². The Kier molecular flexibility index (Phi) is 3.08. The molecule has 0 atom stereocenters. The third kappa shape index (κ3) is 2.61. The molecule has 0 unspecified atom stereocenters. The fraction of sp³-hybridized carbons (Fsp3) is 0.417. The van der Waals surface area contributed by atoms with Gasteiger partial charge in [-0.15, -0.1) is 0 Å². The van der Waals surface area contributed by atoms with Crippen LogP contribution in [0.2, 0.25) is 0 Å². The molecular weight excluding hydrogens is 214 g/mol. The van der Waals surface area contributed by atoms with Gasteiger partial charge < -0.3 is 5.32 Å². The first-order valence-corrected chi connectivity index (χ1v) is 5.60. The molecule has 0 bridgehead atoms. The van der Waals surface area contributed by atoms with Gasteiger partial charge in [0.25, 0.3) is 0 Å². The topological polar surface area (TPSA) is 55.6 Å². The molecule has 0 aliphatic heterocycles. The summed E-state index contributed by atoms with van der Waals surface area (Å²) in [6.45, 7) is 6.68. The van der Waals surface area contributed by atoms with Crippen LogP contribution in [0.5, 0.6) is 0 Å². The molecule has 0 saturated heterocycles. The molecule has 0 spiro atoms. The molecule has 2 rings (SSSR count). The number of rotatable bonds is 3. The minimum absolute atomic E-state index is 0.672. The minimum atomic E-state index is 0.672. The van der Waals surface area contributed by atoms with Crippen LogP contribution in [0, 0.1) is 20.8 Å². The second kappa shape index (κ2) is 4.53. The quantitative estimate of drug-likeness (QED) is 0.874. The van der Waals surface area contributed by atoms with Crippen molar-refractivity contribution in [2.75, 3.05) is 5.32 Å². The maximum absolute atomic E-state index is 4.34. The van der Waals surface area contributed by atoms with E-state index in [1.165, 1.54) is 0 Å². The highest BCUT2D eigenvalue weighted by atomic mass is 15.3. The molecule has 90 valence electrons. The Labute approximate surface area is 101 Å². The van der Waals surface area contributed by atoms with Gasteiger partial charge in [0.05, 0.1) is 6.20 Å². The van der Waals surface area contributed by atoms with E-state index in [2.05, 4.69) is 20.4 Å². The number of aryl methyl sites for hydroxylation is 3. The zero-order chi connectivity index (χ0) is 12.4. The summed E-state index contributed by atoms with van der Waals surface area (Å²) in [7, 11) is 1.94. The van der Waals surface area contributed by atoms with Crippen molar-refractivity contribution in [2.45, 2.75) is 27.3 Å². The number of nitrogens with zero attached hydrogens (tertiary/aromatic N) is 4. The summed E-state index contributed by atoms with van der Waals surface area (Å²) in [5.41, 5.74) is 4.27. The average Bonchev–Trinajstić information content (AvgIpc) is 2.56. The van der Waals surface area contributed by atoms with Gasteiger partial charge in [0.1, 0.15) is 0 Å². The van der Waals surface area contributed by atoms with Crippen LogP contribution in [-0.4, -0.2) is 19.7 Å². The Morgan fingerprint density at radius 3 is 2.35 bits per heavy atom. The largest absolute Gasteiger partial charge is 0.350 e. The molecule has 5 nitrogen and oxygen atoms in total. The Morgan fingerprint density at radius 1 is 1.18 bits per heavy atom. The lowest BCUT2D eigenvalue weighted by atomic mass is 10.2.